The summed E-state index contributed by atoms with van der Waals surface area (Å²) in [4.78, 5) is 22.9. The van der Waals surface area contributed by atoms with E-state index in [0.29, 0.717) is 28.7 Å². The maximum atomic E-state index is 11.9. The molecule has 1 aromatic carbocycles. The summed E-state index contributed by atoms with van der Waals surface area (Å²) in [6.07, 6.45) is 1.55. The summed E-state index contributed by atoms with van der Waals surface area (Å²) in [6.45, 7) is 3.30. The highest BCUT2D eigenvalue weighted by Gasteiger charge is 2.18. The molecule has 1 fully saturated rings. The standard InChI is InChI=1S/C14H18ClN3O2/c1-9(19)17-13-3-2-11(7-12(13)15)18-14(20)6-10-4-5-16-8-10/h2-3,7,10,16H,4-6,8H2,1H3,(H,17,19)(H,18,20). The minimum atomic E-state index is -0.183. The van der Waals surface area contributed by atoms with Gasteiger partial charge < -0.3 is 16.0 Å². The van der Waals surface area contributed by atoms with E-state index < -0.39 is 0 Å². The van der Waals surface area contributed by atoms with E-state index in [1.165, 1.54) is 6.92 Å². The molecule has 1 aromatic rings. The lowest BCUT2D eigenvalue weighted by atomic mass is 10.0. The Morgan fingerprint density at radius 2 is 2.20 bits per heavy atom. The fourth-order valence-corrected chi connectivity index (χ4v) is 2.47. The number of amides is 2. The molecular formula is C14H18ClN3O2. The van der Waals surface area contributed by atoms with Gasteiger partial charge in [0.25, 0.3) is 0 Å². The Kier molecular flexibility index (Phi) is 4.98. The number of benzene rings is 1. The number of anilines is 2. The third-order valence-corrected chi connectivity index (χ3v) is 3.51. The van der Waals surface area contributed by atoms with Gasteiger partial charge in [0, 0.05) is 19.0 Å². The number of carbonyl (C=O) groups excluding carboxylic acids is 2. The second kappa shape index (κ2) is 6.72. The normalized spacial score (nSPS) is 17.8. The second-order valence-electron chi connectivity index (χ2n) is 4.99. The molecule has 3 N–H and O–H groups in total. The first-order valence-electron chi connectivity index (χ1n) is 6.62. The number of halogens is 1. The van der Waals surface area contributed by atoms with Gasteiger partial charge in [-0.15, -0.1) is 0 Å². The van der Waals surface area contributed by atoms with E-state index in [2.05, 4.69) is 16.0 Å². The number of nitrogens with one attached hydrogen (secondary N) is 3. The van der Waals surface area contributed by atoms with Crippen LogP contribution in [0.15, 0.2) is 18.2 Å². The number of carbonyl (C=O) groups is 2. The Balaban J connectivity index is 1.93. The van der Waals surface area contributed by atoms with Gasteiger partial charge in [-0.05, 0) is 43.6 Å². The van der Waals surface area contributed by atoms with Crippen molar-refractivity contribution in [1.29, 1.82) is 0 Å². The summed E-state index contributed by atoms with van der Waals surface area (Å²) in [6, 6.07) is 5.04. The third kappa shape index (κ3) is 4.21. The first kappa shape index (κ1) is 14.8. The van der Waals surface area contributed by atoms with Gasteiger partial charge in [-0.2, -0.15) is 0 Å². The summed E-state index contributed by atoms with van der Waals surface area (Å²) >= 11 is 6.05. The molecule has 0 bridgehead atoms. The fourth-order valence-electron chi connectivity index (χ4n) is 2.25. The minimum Gasteiger partial charge on any atom is -0.326 e. The molecule has 1 aliphatic rings. The molecule has 2 rings (SSSR count). The van der Waals surface area contributed by atoms with Crippen LogP contribution < -0.4 is 16.0 Å². The van der Waals surface area contributed by atoms with Gasteiger partial charge >= 0.3 is 0 Å². The van der Waals surface area contributed by atoms with E-state index >= 15 is 0 Å². The predicted octanol–water partition coefficient (Wildman–Crippen LogP) is 2.24. The summed E-state index contributed by atoms with van der Waals surface area (Å²) in [5.74, 6) is 0.212. The number of hydrogen-bond acceptors (Lipinski definition) is 3. The first-order valence-corrected chi connectivity index (χ1v) is 7.00. The summed E-state index contributed by atoms with van der Waals surface area (Å²) in [5.41, 5.74) is 1.18. The van der Waals surface area contributed by atoms with Crippen molar-refractivity contribution in [3.63, 3.8) is 0 Å². The molecule has 0 aromatic heterocycles. The van der Waals surface area contributed by atoms with Crippen molar-refractivity contribution >= 4 is 34.8 Å². The van der Waals surface area contributed by atoms with Crippen molar-refractivity contribution in [3.05, 3.63) is 23.2 Å². The van der Waals surface area contributed by atoms with Crippen LogP contribution in [-0.4, -0.2) is 24.9 Å². The molecule has 20 heavy (non-hydrogen) atoms. The van der Waals surface area contributed by atoms with E-state index in [0.717, 1.165) is 19.5 Å². The Morgan fingerprint density at radius 1 is 1.40 bits per heavy atom. The van der Waals surface area contributed by atoms with Gasteiger partial charge in [0.05, 0.1) is 10.7 Å². The Hall–Kier alpha value is -1.59. The van der Waals surface area contributed by atoms with Crippen molar-refractivity contribution in [2.24, 2.45) is 5.92 Å². The molecule has 0 radical (unpaired) electrons. The maximum absolute atomic E-state index is 11.9. The highest BCUT2D eigenvalue weighted by molar-refractivity contribution is 6.34. The van der Waals surface area contributed by atoms with Crippen LogP contribution in [0.5, 0.6) is 0 Å². The molecule has 2 amide bonds. The fraction of sp³-hybridized carbons (Fsp3) is 0.429. The van der Waals surface area contributed by atoms with Crippen LogP contribution in [0.2, 0.25) is 5.02 Å². The lowest BCUT2D eigenvalue weighted by Gasteiger charge is -2.11. The molecule has 1 atom stereocenters. The van der Waals surface area contributed by atoms with Gasteiger partial charge in [0.15, 0.2) is 0 Å². The smallest absolute Gasteiger partial charge is 0.224 e. The monoisotopic (exact) mass is 295 g/mol. The van der Waals surface area contributed by atoms with Crippen LogP contribution in [0.4, 0.5) is 11.4 Å². The Morgan fingerprint density at radius 3 is 2.80 bits per heavy atom. The highest BCUT2D eigenvalue weighted by Crippen LogP contribution is 2.26. The Labute approximate surface area is 123 Å². The van der Waals surface area contributed by atoms with Crippen LogP contribution in [0.3, 0.4) is 0 Å². The first-order chi connectivity index (χ1) is 9.54. The molecule has 5 nitrogen and oxygen atoms in total. The van der Waals surface area contributed by atoms with Crippen molar-refractivity contribution < 1.29 is 9.59 Å². The topological polar surface area (TPSA) is 70.2 Å². The quantitative estimate of drug-likeness (QED) is 0.798. The van der Waals surface area contributed by atoms with E-state index in [4.69, 9.17) is 11.6 Å². The molecule has 1 saturated heterocycles. The average Bonchev–Trinajstić information content (AvgIpc) is 2.85. The van der Waals surface area contributed by atoms with Crippen LogP contribution in [0, 0.1) is 5.92 Å². The van der Waals surface area contributed by atoms with Crippen LogP contribution in [0.25, 0.3) is 0 Å². The average molecular weight is 296 g/mol. The van der Waals surface area contributed by atoms with Gasteiger partial charge in [-0.3, -0.25) is 9.59 Å². The van der Waals surface area contributed by atoms with Crippen molar-refractivity contribution in [2.75, 3.05) is 23.7 Å². The van der Waals surface area contributed by atoms with E-state index in [9.17, 15) is 9.59 Å². The van der Waals surface area contributed by atoms with Crippen molar-refractivity contribution in [2.45, 2.75) is 19.8 Å². The molecule has 1 aliphatic heterocycles. The van der Waals surface area contributed by atoms with Crippen LogP contribution in [0.1, 0.15) is 19.8 Å². The molecule has 1 unspecified atom stereocenters. The van der Waals surface area contributed by atoms with Crippen LogP contribution in [-0.2, 0) is 9.59 Å². The van der Waals surface area contributed by atoms with Gasteiger partial charge in [-0.25, -0.2) is 0 Å². The molecule has 0 saturated carbocycles. The van der Waals surface area contributed by atoms with E-state index in [1.54, 1.807) is 18.2 Å². The van der Waals surface area contributed by atoms with Gasteiger partial charge in [0.1, 0.15) is 0 Å². The zero-order valence-corrected chi connectivity index (χ0v) is 12.1. The van der Waals surface area contributed by atoms with E-state index in [1.807, 2.05) is 0 Å². The molecule has 6 heteroatoms. The summed E-state index contributed by atoms with van der Waals surface area (Å²) in [5, 5.41) is 9.09. The summed E-state index contributed by atoms with van der Waals surface area (Å²) < 4.78 is 0. The SMILES string of the molecule is CC(=O)Nc1ccc(NC(=O)CC2CCNC2)cc1Cl. The molecule has 1 heterocycles. The minimum absolute atomic E-state index is 0.0120. The van der Waals surface area contributed by atoms with Gasteiger partial charge in [-0.1, -0.05) is 11.6 Å². The third-order valence-electron chi connectivity index (χ3n) is 3.20. The lowest BCUT2D eigenvalue weighted by molar-refractivity contribution is -0.117. The van der Waals surface area contributed by atoms with Gasteiger partial charge in [0.2, 0.25) is 11.8 Å². The molecule has 0 spiro atoms. The van der Waals surface area contributed by atoms with Crippen LogP contribution >= 0.6 is 11.6 Å². The number of hydrogen-bond donors (Lipinski definition) is 3. The zero-order valence-electron chi connectivity index (χ0n) is 11.3. The number of rotatable bonds is 4. The molecular weight excluding hydrogens is 278 g/mol. The lowest BCUT2D eigenvalue weighted by Crippen LogP contribution is -2.18. The predicted molar refractivity (Wildman–Crippen MR) is 80.0 cm³/mol. The van der Waals surface area contributed by atoms with E-state index in [-0.39, 0.29) is 11.8 Å². The highest BCUT2D eigenvalue weighted by atomic mass is 35.5. The summed E-state index contributed by atoms with van der Waals surface area (Å²) in [7, 11) is 0. The van der Waals surface area contributed by atoms with Crippen molar-refractivity contribution in [3.8, 4) is 0 Å². The molecule has 0 aliphatic carbocycles. The maximum Gasteiger partial charge on any atom is 0.224 e. The second-order valence-corrected chi connectivity index (χ2v) is 5.39. The van der Waals surface area contributed by atoms with Crippen molar-refractivity contribution in [1.82, 2.24) is 5.32 Å². The largest absolute Gasteiger partial charge is 0.326 e. The Bertz CT molecular complexity index is 513. The zero-order chi connectivity index (χ0) is 14.5. The molecule has 108 valence electrons.